The van der Waals surface area contributed by atoms with E-state index in [4.69, 9.17) is 14.2 Å². The third kappa shape index (κ3) is 3.20. The number of nitrogens with zero attached hydrogens (tertiary/aromatic N) is 1. The van der Waals surface area contributed by atoms with Gasteiger partial charge in [0, 0.05) is 17.2 Å². The number of phenols is 2. The molecule has 1 aliphatic carbocycles. The second-order valence-electron chi connectivity index (χ2n) is 9.59. The number of hydrogen-bond donors (Lipinski definition) is 3. The number of carbonyl (C=O) groups excluding carboxylic acids is 3. The number of Topliss-reactive ketones (excluding diaryl/α,β-unsaturated/α-hetero) is 2. The number of likely N-dealkylation sites (N-methyl/N-ethyl adjacent to an activating group) is 1. The lowest BCUT2D eigenvalue weighted by Gasteiger charge is -2.41. The summed E-state index contributed by atoms with van der Waals surface area (Å²) in [5.41, 5.74) is -0.482. The van der Waals surface area contributed by atoms with Crippen molar-refractivity contribution < 1.29 is 43.9 Å². The number of carbonyl (C=O) groups is 3. The number of rotatable bonds is 2. The number of ketones is 2. The first-order chi connectivity index (χ1) is 16.0. The van der Waals surface area contributed by atoms with Crippen LogP contribution >= 0.6 is 0 Å². The molecule has 2 saturated heterocycles. The maximum Gasteiger partial charge on any atom is 0.309 e. The summed E-state index contributed by atoms with van der Waals surface area (Å²) in [6.07, 6.45) is -4.35. The van der Waals surface area contributed by atoms with Crippen molar-refractivity contribution in [3.63, 3.8) is 0 Å². The first-order valence-electron chi connectivity index (χ1n) is 11.3. The van der Waals surface area contributed by atoms with E-state index in [1.807, 2.05) is 19.0 Å². The Balaban J connectivity index is 1.61. The third-order valence-corrected chi connectivity index (χ3v) is 7.30. The molecular weight excluding hydrogens is 446 g/mol. The highest BCUT2D eigenvalue weighted by Gasteiger charge is 2.52. The van der Waals surface area contributed by atoms with E-state index in [0.717, 1.165) is 0 Å². The van der Waals surface area contributed by atoms with Crippen molar-refractivity contribution in [3.05, 3.63) is 33.9 Å². The molecule has 5 rings (SSSR count). The van der Waals surface area contributed by atoms with Gasteiger partial charge in [0.05, 0.1) is 47.5 Å². The summed E-state index contributed by atoms with van der Waals surface area (Å²) in [6, 6.07) is 0.937. The van der Waals surface area contributed by atoms with Crippen molar-refractivity contribution in [2.75, 3.05) is 14.1 Å². The van der Waals surface area contributed by atoms with Crippen LogP contribution in [0.2, 0.25) is 0 Å². The molecule has 2 fully saturated rings. The number of hydrogen-bond acceptors (Lipinski definition) is 10. The summed E-state index contributed by atoms with van der Waals surface area (Å²) in [7, 11) is 3.63. The molecule has 182 valence electrons. The molecule has 0 bridgehead atoms. The monoisotopic (exact) mass is 473 g/mol. The molecule has 1 aromatic rings. The number of ether oxygens (including phenoxy) is 3. The normalized spacial score (nSPS) is 35.2. The van der Waals surface area contributed by atoms with Gasteiger partial charge in [0.1, 0.15) is 17.6 Å². The van der Waals surface area contributed by atoms with Crippen LogP contribution in [0, 0.1) is 0 Å². The molecule has 1 aromatic carbocycles. The van der Waals surface area contributed by atoms with Crippen molar-refractivity contribution in [1.29, 1.82) is 0 Å². The van der Waals surface area contributed by atoms with E-state index < -0.39 is 65.7 Å². The van der Waals surface area contributed by atoms with Crippen molar-refractivity contribution in [1.82, 2.24) is 4.90 Å². The van der Waals surface area contributed by atoms with E-state index in [-0.39, 0.29) is 40.3 Å². The highest BCUT2D eigenvalue weighted by atomic mass is 16.6. The summed E-state index contributed by atoms with van der Waals surface area (Å²) in [6.45, 7) is 3.30. The number of benzene rings is 1. The Hall–Kier alpha value is -2.79. The number of aliphatic hydroxyl groups is 1. The lowest BCUT2D eigenvalue weighted by atomic mass is 9.75. The van der Waals surface area contributed by atoms with Crippen LogP contribution in [0.5, 0.6) is 11.5 Å². The van der Waals surface area contributed by atoms with Crippen molar-refractivity contribution in [2.24, 2.45) is 0 Å². The maximum absolute atomic E-state index is 13.6. The van der Waals surface area contributed by atoms with Gasteiger partial charge in [0.2, 0.25) is 0 Å². The Morgan fingerprint density at radius 3 is 2.35 bits per heavy atom. The van der Waals surface area contributed by atoms with Crippen LogP contribution in [-0.4, -0.2) is 88.4 Å². The number of aromatic hydroxyl groups is 2. The molecule has 34 heavy (non-hydrogen) atoms. The lowest BCUT2D eigenvalue weighted by Crippen LogP contribution is -2.50. The zero-order valence-electron chi connectivity index (χ0n) is 19.3. The summed E-state index contributed by atoms with van der Waals surface area (Å²) in [5.74, 6) is -2.81. The zero-order chi connectivity index (χ0) is 24.6. The average molecular weight is 473 g/mol. The fourth-order valence-electron chi connectivity index (χ4n) is 5.59. The smallest absolute Gasteiger partial charge is 0.309 e. The van der Waals surface area contributed by atoms with E-state index in [1.54, 1.807) is 13.8 Å². The summed E-state index contributed by atoms with van der Waals surface area (Å²) in [5, 5.41) is 32.5. The number of phenolic OH excluding ortho intramolecular Hbond substituents is 2. The molecule has 0 amide bonds. The van der Waals surface area contributed by atoms with E-state index in [1.165, 1.54) is 6.07 Å². The van der Waals surface area contributed by atoms with Gasteiger partial charge in [-0.3, -0.25) is 14.4 Å². The minimum absolute atomic E-state index is 0.00659. The number of aliphatic hydroxyl groups excluding tert-OH is 1. The largest absolute Gasteiger partial charge is 0.507 e. The molecular formula is C24H27NO9. The fourth-order valence-corrected chi connectivity index (χ4v) is 5.59. The predicted molar refractivity (Wildman–Crippen MR) is 116 cm³/mol. The van der Waals surface area contributed by atoms with Gasteiger partial charge in [-0.05, 0) is 40.4 Å². The van der Waals surface area contributed by atoms with E-state index in [9.17, 15) is 29.7 Å². The van der Waals surface area contributed by atoms with Gasteiger partial charge in [0.25, 0.3) is 0 Å². The van der Waals surface area contributed by atoms with Gasteiger partial charge in [-0.15, -0.1) is 0 Å². The number of fused-ring (bicyclic) bond motifs is 3. The van der Waals surface area contributed by atoms with Crippen LogP contribution < -0.4 is 0 Å². The molecule has 0 spiro atoms. The molecule has 0 radical (unpaired) electrons. The van der Waals surface area contributed by atoms with Crippen molar-refractivity contribution in [2.45, 2.75) is 69.4 Å². The van der Waals surface area contributed by atoms with Crippen LogP contribution in [0.25, 0.3) is 0 Å². The maximum atomic E-state index is 13.6. The lowest BCUT2D eigenvalue weighted by molar-refractivity contribution is -0.142. The Bertz CT molecular complexity index is 1140. The second kappa shape index (κ2) is 7.88. The number of esters is 1. The first kappa shape index (κ1) is 23.0. The standard InChI is InChI=1S/C24H27NO9/c1-8-16-19(24-14(32-8)7-15(27)34-24)23(31)17-12(26)5-10(21(29)18(17)22(16)30)13-6-11(25(3)4)20(28)9(2)33-13/h5,8-9,11,13-14,20,24,26,28-29H,6-7H2,1-4H3/t8-,9-,11?,13?,14-,20-,24+/m1/s1. The summed E-state index contributed by atoms with van der Waals surface area (Å²) < 4.78 is 17.0. The Labute approximate surface area is 195 Å². The van der Waals surface area contributed by atoms with Crippen LogP contribution in [0.15, 0.2) is 17.2 Å². The molecule has 10 heteroatoms. The Morgan fingerprint density at radius 2 is 1.68 bits per heavy atom. The zero-order valence-corrected chi connectivity index (χ0v) is 19.3. The molecule has 10 nitrogen and oxygen atoms in total. The molecule has 4 aliphatic rings. The molecule has 3 heterocycles. The van der Waals surface area contributed by atoms with Gasteiger partial charge in [-0.2, -0.15) is 0 Å². The molecule has 3 N–H and O–H groups in total. The van der Waals surface area contributed by atoms with Gasteiger partial charge in [-0.25, -0.2) is 0 Å². The molecule has 0 aromatic heterocycles. The van der Waals surface area contributed by atoms with E-state index in [2.05, 4.69) is 0 Å². The summed E-state index contributed by atoms with van der Waals surface area (Å²) >= 11 is 0. The van der Waals surface area contributed by atoms with Crippen molar-refractivity contribution in [3.8, 4) is 11.5 Å². The van der Waals surface area contributed by atoms with Crippen LogP contribution in [0.4, 0.5) is 0 Å². The van der Waals surface area contributed by atoms with Gasteiger partial charge in [-0.1, -0.05) is 0 Å². The Kier molecular flexibility index (Phi) is 5.32. The Morgan fingerprint density at radius 1 is 1.00 bits per heavy atom. The van der Waals surface area contributed by atoms with Gasteiger partial charge < -0.3 is 34.4 Å². The minimum atomic E-state index is -1.03. The first-order valence-corrected chi connectivity index (χ1v) is 11.3. The fraction of sp³-hybridized carbons (Fsp3) is 0.542. The van der Waals surface area contributed by atoms with E-state index in [0.29, 0.717) is 6.42 Å². The van der Waals surface area contributed by atoms with Crippen LogP contribution in [0.3, 0.4) is 0 Å². The van der Waals surface area contributed by atoms with Gasteiger partial charge >= 0.3 is 5.97 Å². The SMILES string of the molecule is C[C@H]1O[C@@H]2CC(=O)O[C@@H]2C2=C1C(=O)c1c(O)c(C3CC(N(C)C)[C@H](O)[C@@H](C)O3)cc(O)c1C2=O. The van der Waals surface area contributed by atoms with E-state index >= 15 is 0 Å². The predicted octanol–water partition coefficient (Wildman–Crippen LogP) is 1.02. The molecule has 0 saturated carbocycles. The molecule has 2 unspecified atom stereocenters. The van der Waals surface area contributed by atoms with Crippen LogP contribution in [-0.2, 0) is 19.0 Å². The molecule has 7 atom stereocenters. The highest BCUT2D eigenvalue weighted by molar-refractivity contribution is 6.30. The average Bonchev–Trinajstić information content (AvgIpc) is 3.13. The molecule has 3 aliphatic heterocycles. The third-order valence-electron chi connectivity index (χ3n) is 7.30. The summed E-state index contributed by atoms with van der Waals surface area (Å²) in [4.78, 5) is 40.8. The van der Waals surface area contributed by atoms with Gasteiger partial charge in [0.15, 0.2) is 17.7 Å². The second-order valence-corrected chi connectivity index (χ2v) is 9.59. The minimum Gasteiger partial charge on any atom is -0.507 e. The van der Waals surface area contributed by atoms with Crippen LogP contribution in [0.1, 0.15) is 59.1 Å². The topological polar surface area (TPSA) is 143 Å². The highest BCUT2D eigenvalue weighted by Crippen LogP contribution is 2.48. The quantitative estimate of drug-likeness (QED) is 0.421. The van der Waals surface area contributed by atoms with Crippen molar-refractivity contribution >= 4 is 17.5 Å².